The quantitative estimate of drug-likeness (QED) is 0.851. The van der Waals surface area contributed by atoms with Crippen LogP contribution in [0.2, 0.25) is 0 Å². The van der Waals surface area contributed by atoms with Gasteiger partial charge >= 0.3 is 0 Å². The molecule has 29 heavy (non-hydrogen) atoms. The van der Waals surface area contributed by atoms with E-state index in [1.807, 2.05) is 47.4 Å². The third-order valence-electron chi connectivity index (χ3n) is 6.06. The largest absolute Gasteiger partial charge is 0.368 e. The second kappa shape index (κ2) is 9.12. The Morgan fingerprint density at radius 3 is 2.10 bits per heavy atom. The lowest BCUT2D eigenvalue weighted by Crippen LogP contribution is -2.48. The Morgan fingerprint density at radius 1 is 0.793 bits per heavy atom. The molecule has 0 bridgehead atoms. The second-order valence-corrected chi connectivity index (χ2v) is 8.02. The maximum Gasteiger partial charge on any atom is 0.253 e. The summed E-state index contributed by atoms with van der Waals surface area (Å²) >= 11 is 0. The number of benzene rings is 2. The minimum absolute atomic E-state index is 0.103. The minimum atomic E-state index is 0.103. The Hall–Kier alpha value is -2.82. The van der Waals surface area contributed by atoms with Gasteiger partial charge in [-0.3, -0.25) is 9.59 Å². The first-order valence-electron chi connectivity index (χ1n) is 10.7. The van der Waals surface area contributed by atoms with Gasteiger partial charge in [-0.15, -0.1) is 0 Å². The number of anilines is 2. The Kier molecular flexibility index (Phi) is 6.13. The highest BCUT2D eigenvalue weighted by atomic mass is 16.2. The zero-order chi connectivity index (χ0) is 20.1. The Bertz CT molecular complexity index is 821. The lowest BCUT2D eigenvalue weighted by atomic mass is 9.88. The molecule has 0 aromatic heterocycles. The number of hydrogen-bond donors (Lipinski definition) is 1. The smallest absolute Gasteiger partial charge is 0.253 e. The first-order chi connectivity index (χ1) is 14.2. The van der Waals surface area contributed by atoms with Crippen molar-refractivity contribution in [3.8, 4) is 0 Å². The third kappa shape index (κ3) is 4.78. The molecule has 1 N–H and O–H groups in total. The summed E-state index contributed by atoms with van der Waals surface area (Å²) in [7, 11) is 0. The Morgan fingerprint density at radius 2 is 1.45 bits per heavy atom. The first-order valence-corrected chi connectivity index (χ1v) is 10.7. The first kappa shape index (κ1) is 19.5. The van der Waals surface area contributed by atoms with Crippen molar-refractivity contribution in [3.63, 3.8) is 0 Å². The fourth-order valence-corrected chi connectivity index (χ4v) is 4.30. The number of rotatable bonds is 4. The van der Waals surface area contributed by atoms with E-state index in [2.05, 4.69) is 22.3 Å². The molecule has 1 heterocycles. The molecule has 1 saturated heterocycles. The van der Waals surface area contributed by atoms with E-state index in [0.29, 0.717) is 13.1 Å². The molecule has 1 aliphatic heterocycles. The molecule has 1 aliphatic carbocycles. The van der Waals surface area contributed by atoms with Crippen LogP contribution in [0.1, 0.15) is 42.5 Å². The predicted molar refractivity (Wildman–Crippen MR) is 116 cm³/mol. The highest BCUT2D eigenvalue weighted by molar-refractivity contribution is 5.94. The van der Waals surface area contributed by atoms with Gasteiger partial charge in [0.1, 0.15) is 0 Å². The molecule has 0 unspecified atom stereocenters. The van der Waals surface area contributed by atoms with E-state index in [1.165, 1.54) is 6.42 Å². The molecule has 2 aliphatic rings. The molecule has 0 atom stereocenters. The van der Waals surface area contributed by atoms with E-state index in [4.69, 9.17) is 0 Å². The van der Waals surface area contributed by atoms with Gasteiger partial charge in [0.15, 0.2) is 0 Å². The van der Waals surface area contributed by atoms with Gasteiger partial charge < -0.3 is 15.1 Å². The fraction of sp³-hybridized carbons (Fsp3) is 0.417. The molecule has 2 aromatic rings. The zero-order valence-corrected chi connectivity index (χ0v) is 16.8. The van der Waals surface area contributed by atoms with Crippen LogP contribution in [0.4, 0.5) is 11.4 Å². The van der Waals surface area contributed by atoms with Gasteiger partial charge in [-0.1, -0.05) is 37.5 Å². The third-order valence-corrected chi connectivity index (χ3v) is 6.06. The van der Waals surface area contributed by atoms with E-state index in [0.717, 1.165) is 55.7 Å². The molecule has 1 saturated carbocycles. The standard InChI is InChI=1S/C24H29N3O2/c28-23(19-7-3-1-4-8-19)25-21-11-13-22(14-12-21)26-15-17-27(18-16-26)24(29)20-9-5-2-6-10-20/h2,5-6,9-14,19H,1,3-4,7-8,15-18H2,(H,25,28). The average molecular weight is 392 g/mol. The lowest BCUT2D eigenvalue weighted by molar-refractivity contribution is -0.120. The van der Waals surface area contributed by atoms with Crippen LogP contribution < -0.4 is 10.2 Å². The van der Waals surface area contributed by atoms with Gasteiger partial charge in [0.25, 0.3) is 5.91 Å². The Balaban J connectivity index is 1.30. The van der Waals surface area contributed by atoms with Crippen LogP contribution in [0.3, 0.4) is 0 Å². The van der Waals surface area contributed by atoms with Crippen molar-refractivity contribution in [2.45, 2.75) is 32.1 Å². The number of nitrogens with one attached hydrogen (secondary N) is 1. The van der Waals surface area contributed by atoms with E-state index < -0.39 is 0 Å². The molecular formula is C24H29N3O2. The number of nitrogens with zero attached hydrogens (tertiary/aromatic N) is 2. The number of hydrogen-bond acceptors (Lipinski definition) is 3. The van der Waals surface area contributed by atoms with Gasteiger partial charge in [-0.2, -0.15) is 0 Å². The number of carbonyl (C=O) groups excluding carboxylic acids is 2. The lowest BCUT2D eigenvalue weighted by Gasteiger charge is -2.36. The minimum Gasteiger partial charge on any atom is -0.368 e. The summed E-state index contributed by atoms with van der Waals surface area (Å²) in [6.45, 7) is 3.06. The summed E-state index contributed by atoms with van der Waals surface area (Å²) in [4.78, 5) is 29.2. The van der Waals surface area contributed by atoms with Gasteiger partial charge in [-0.25, -0.2) is 0 Å². The number of amides is 2. The van der Waals surface area contributed by atoms with Crippen molar-refractivity contribution < 1.29 is 9.59 Å². The average Bonchev–Trinajstić information content (AvgIpc) is 2.80. The van der Waals surface area contributed by atoms with Crippen molar-refractivity contribution in [1.82, 2.24) is 4.90 Å². The van der Waals surface area contributed by atoms with Gasteiger partial charge in [0.05, 0.1) is 0 Å². The summed E-state index contributed by atoms with van der Waals surface area (Å²) in [5, 5.41) is 3.07. The van der Waals surface area contributed by atoms with Crippen LogP contribution in [0.5, 0.6) is 0 Å². The van der Waals surface area contributed by atoms with Gasteiger partial charge in [-0.05, 0) is 49.2 Å². The molecule has 0 radical (unpaired) electrons. The van der Waals surface area contributed by atoms with Crippen LogP contribution in [-0.4, -0.2) is 42.9 Å². The maximum atomic E-state index is 12.6. The molecule has 2 amide bonds. The molecule has 0 spiro atoms. The van der Waals surface area contributed by atoms with Crippen molar-refractivity contribution in [2.24, 2.45) is 5.92 Å². The zero-order valence-electron chi connectivity index (χ0n) is 16.8. The van der Waals surface area contributed by atoms with E-state index >= 15 is 0 Å². The van der Waals surface area contributed by atoms with Crippen molar-refractivity contribution in [2.75, 3.05) is 36.4 Å². The van der Waals surface area contributed by atoms with E-state index in [-0.39, 0.29) is 17.7 Å². The molecule has 5 heteroatoms. The molecule has 4 rings (SSSR count). The van der Waals surface area contributed by atoms with Crippen LogP contribution in [0.15, 0.2) is 54.6 Å². The number of carbonyl (C=O) groups is 2. The Labute approximate surface area is 172 Å². The normalized spacial score (nSPS) is 17.8. The van der Waals surface area contributed by atoms with Crippen LogP contribution in [0.25, 0.3) is 0 Å². The van der Waals surface area contributed by atoms with Gasteiger partial charge in [0.2, 0.25) is 5.91 Å². The van der Waals surface area contributed by atoms with E-state index in [1.54, 1.807) is 0 Å². The summed E-state index contributed by atoms with van der Waals surface area (Å²) < 4.78 is 0. The van der Waals surface area contributed by atoms with E-state index in [9.17, 15) is 9.59 Å². The van der Waals surface area contributed by atoms with Crippen LogP contribution in [-0.2, 0) is 4.79 Å². The molecule has 5 nitrogen and oxygen atoms in total. The maximum absolute atomic E-state index is 12.6. The molecular weight excluding hydrogens is 362 g/mol. The summed E-state index contributed by atoms with van der Waals surface area (Å²) in [5.41, 5.74) is 2.74. The highest BCUT2D eigenvalue weighted by Crippen LogP contribution is 2.26. The summed E-state index contributed by atoms with van der Waals surface area (Å²) in [6.07, 6.45) is 5.60. The van der Waals surface area contributed by atoms with Crippen molar-refractivity contribution >= 4 is 23.2 Å². The van der Waals surface area contributed by atoms with Crippen molar-refractivity contribution in [1.29, 1.82) is 0 Å². The predicted octanol–water partition coefficient (Wildman–Crippen LogP) is 4.17. The monoisotopic (exact) mass is 391 g/mol. The summed E-state index contributed by atoms with van der Waals surface area (Å²) in [6, 6.07) is 17.6. The van der Waals surface area contributed by atoms with Crippen molar-refractivity contribution in [3.05, 3.63) is 60.2 Å². The van der Waals surface area contributed by atoms with Crippen LogP contribution in [0, 0.1) is 5.92 Å². The molecule has 2 aromatic carbocycles. The number of piperazine rings is 1. The SMILES string of the molecule is O=C(Nc1ccc(N2CCN(C(=O)c3ccccc3)CC2)cc1)C1CCCCC1. The highest BCUT2D eigenvalue weighted by Gasteiger charge is 2.23. The fourth-order valence-electron chi connectivity index (χ4n) is 4.30. The van der Waals surface area contributed by atoms with Gasteiger partial charge in [0, 0.05) is 49.0 Å². The topological polar surface area (TPSA) is 52.7 Å². The van der Waals surface area contributed by atoms with Crippen LogP contribution >= 0.6 is 0 Å². The summed E-state index contributed by atoms with van der Waals surface area (Å²) in [5.74, 6) is 0.426. The second-order valence-electron chi connectivity index (χ2n) is 8.02. The molecule has 152 valence electrons. The molecule has 2 fully saturated rings.